The molecule has 5 rings (SSSR count). The molecular formula is C23H19ClN2O2. The summed E-state index contributed by atoms with van der Waals surface area (Å²) in [6.07, 6.45) is 0.787. The highest BCUT2D eigenvalue weighted by molar-refractivity contribution is 6.30. The molecule has 140 valence electrons. The molecule has 0 saturated carbocycles. The summed E-state index contributed by atoms with van der Waals surface area (Å²) in [5.74, 6) is 1.57. The number of hydrogen-bond acceptors (Lipinski definition) is 4. The largest absolute Gasteiger partial charge is 0.486 e. The van der Waals surface area contributed by atoms with Gasteiger partial charge in [-0.2, -0.15) is 5.10 Å². The number of benzene rings is 3. The van der Waals surface area contributed by atoms with Crippen LogP contribution >= 0.6 is 11.6 Å². The lowest BCUT2D eigenvalue weighted by atomic mass is 9.98. The van der Waals surface area contributed by atoms with Crippen molar-refractivity contribution in [3.63, 3.8) is 0 Å². The van der Waals surface area contributed by atoms with Crippen LogP contribution in [0.3, 0.4) is 0 Å². The van der Waals surface area contributed by atoms with Gasteiger partial charge in [-0.3, -0.25) is 5.01 Å². The van der Waals surface area contributed by atoms with Crippen LogP contribution in [0, 0.1) is 0 Å². The number of nitrogens with zero attached hydrogens (tertiary/aromatic N) is 2. The van der Waals surface area contributed by atoms with E-state index in [0.717, 1.165) is 45.5 Å². The van der Waals surface area contributed by atoms with E-state index < -0.39 is 0 Å². The third-order valence-corrected chi connectivity index (χ3v) is 5.28. The molecule has 0 amide bonds. The highest BCUT2D eigenvalue weighted by Gasteiger charge is 2.30. The van der Waals surface area contributed by atoms with E-state index in [1.165, 1.54) is 0 Å². The third kappa shape index (κ3) is 3.20. The molecule has 0 saturated heterocycles. The number of anilines is 1. The van der Waals surface area contributed by atoms with E-state index in [1.807, 2.05) is 48.5 Å². The van der Waals surface area contributed by atoms with Crippen molar-refractivity contribution in [2.45, 2.75) is 12.5 Å². The van der Waals surface area contributed by atoms with Crippen LogP contribution in [0.2, 0.25) is 5.02 Å². The van der Waals surface area contributed by atoms with Crippen LogP contribution in [-0.2, 0) is 0 Å². The zero-order chi connectivity index (χ0) is 18.9. The van der Waals surface area contributed by atoms with Crippen LogP contribution in [0.15, 0.2) is 77.9 Å². The van der Waals surface area contributed by atoms with Gasteiger partial charge in [0.25, 0.3) is 0 Å². The summed E-state index contributed by atoms with van der Waals surface area (Å²) in [7, 11) is 0. The molecule has 0 aromatic heterocycles. The molecule has 2 aliphatic rings. The van der Waals surface area contributed by atoms with Crippen molar-refractivity contribution in [3.8, 4) is 11.5 Å². The summed E-state index contributed by atoms with van der Waals surface area (Å²) in [6, 6.07) is 24.4. The van der Waals surface area contributed by atoms with Gasteiger partial charge in [0.05, 0.1) is 17.4 Å². The van der Waals surface area contributed by atoms with Crippen molar-refractivity contribution in [1.29, 1.82) is 0 Å². The second-order valence-electron chi connectivity index (χ2n) is 6.86. The van der Waals surface area contributed by atoms with Gasteiger partial charge in [-0.15, -0.1) is 0 Å². The van der Waals surface area contributed by atoms with Gasteiger partial charge in [0, 0.05) is 17.0 Å². The second-order valence-corrected chi connectivity index (χ2v) is 7.30. The van der Waals surface area contributed by atoms with E-state index in [0.29, 0.717) is 13.2 Å². The van der Waals surface area contributed by atoms with E-state index in [2.05, 4.69) is 29.3 Å². The quantitative estimate of drug-likeness (QED) is 0.595. The lowest BCUT2D eigenvalue weighted by molar-refractivity contribution is 0.171. The average Bonchev–Trinajstić information content (AvgIpc) is 3.20. The molecular weight excluding hydrogens is 372 g/mol. The zero-order valence-corrected chi connectivity index (χ0v) is 16.0. The number of fused-ring (bicyclic) bond motifs is 1. The van der Waals surface area contributed by atoms with Gasteiger partial charge in [0.15, 0.2) is 11.5 Å². The standard InChI is InChI=1S/C23H19ClN2O2/c24-18-6-4-5-17(13-18)21-15-20(25-26(21)19-7-2-1-3-8-19)16-9-10-22-23(14-16)28-12-11-27-22/h1-10,13-14,21H,11-12,15H2. The molecule has 0 aliphatic carbocycles. The Morgan fingerprint density at radius 2 is 1.68 bits per heavy atom. The topological polar surface area (TPSA) is 34.1 Å². The number of hydrogen-bond donors (Lipinski definition) is 0. The van der Waals surface area contributed by atoms with Gasteiger partial charge in [-0.25, -0.2) is 0 Å². The van der Waals surface area contributed by atoms with Crippen molar-refractivity contribution < 1.29 is 9.47 Å². The van der Waals surface area contributed by atoms with Crippen LogP contribution in [0.25, 0.3) is 0 Å². The predicted molar refractivity (Wildman–Crippen MR) is 112 cm³/mol. The summed E-state index contributed by atoms with van der Waals surface area (Å²) in [5, 5.41) is 7.79. The smallest absolute Gasteiger partial charge is 0.162 e. The number of para-hydroxylation sites is 1. The Morgan fingerprint density at radius 1 is 0.857 bits per heavy atom. The number of ether oxygens (including phenoxy) is 2. The molecule has 0 N–H and O–H groups in total. The molecule has 0 radical (unpaired) electrons. The number of rotatable bonds is 3. The van der Waals surface area contributed by atoms with Gasteiger partial charge >= 0.3 is 0 Å². The maximum atomic E-state index is 6.26. The van der Waals surface area contributed by atoms with Crippen LogP contribution in [0.1, 0.15) is 23.6 Å². The Balaban J connectivity index is 1.54. The Hall–Kier alpha value is -2.98. The number of halogens is 1. The molecule has 2 heterocycles. The third-order valence-electron chi connectivity index (χ3n) is 5.04. The molecule has 3 aromatic rings. The maximum Gasteiger partial charge on any atom is 0.162 e. The molecule has 5 heteroatoms. The molecule has 4 nitrogen and oxygen atoms in total. The van der Waals surface area contributed by atoms with Gasteiger partial charge in [0.2, 0.25) is 0 Å². The number of hydrazone groups is 1. The van der Waals surface area contributed by atoms with E-state index in [9.17, 15) is 0 Å². The first-order chi connectivity index (χ1) is 13.8. The first-order valence-electron chi connectivity index (χ1n) is 9.35. The first-order valence-corrected chi connectivity index (χ1v) is 9.73. The average molecular weight is 391 g/mol. The van der Waals surface area contributed by atoms with Gasteiger partial charge in [0.1, 0.15) is 13.2 Å². The minimum absolute atomic E-state index is 0.0873. The molecule has 3 aromatic carbocycles. The zero-order valence-electron chi connectivity index (χ0n) is 15.2. The highest BCUT2D eigenvalue weighted by atomic mass is 35.5. The molecule has 1 atom stereocenters. The Morgan fingerprint density at radius 3 is 2.50 bits per heavy atom. The van der Waals surface area contributed by atoms with Crippen molar-refractivity contribution >= 4 is 23.0 Å². The first kappa shape index (κ1) is 17.1. The summed E-state index contributed by atoms with van der Waals surface area (Å²) in [4.78, 5) is 0. The monoisotopic (exact) mass is 390 g/mol. The summed E-state index contributed by atoms with van der Waals surface area (Å²) in [6.45, 7) is 1.16. The normalized spacial score (nSPS) is 18.1. The fourth-order valence-corrected chi connectivity index (χ4v) is 3.90. The second kappa shape index (κ2) is 7.21. The lowest BCUT2D eigenvalue weighted by Gasteiger charge is -2.24. The molecule has 2 aliphatic heterocycles. The minimum Gasteiger partial charge on any atom is -0.486 e. The van der Waals surface area contributed by atoms with Crippen molar-refractivity contribution in [2.75, 3.05) is 18.2 Å². The molecule has 0 spiro atoms. The van der Waals surface area contributed by atoms with Crippen molar-refractivity contribution in [3.05, 3.63) is 88.9 Å². The van der Waals surface area contributed by atoms with Crippen molar-refractivity contribution in [2.24, 2.45) is 5.10 Å². The van der Waals surface area contributed by atoms with Crippen molar-refractivity contribution in [1.82, 2.24) is 0 Å². The summed E-state index contributed by atoms with van der Waals surface area (Å²) >= 11 is 6.26. The van der Waals surface area contributed by atoms with Crippen LogP contribution in [-0.4, -0.2) is 18.9 Å². The minimum atomic E-state index is 0.0873. The summed E-state index contributed by atoms with van der Waals surface area (Å²) in [5.41, 5.74) is 4.27. The summed E-state index contributed by atoms with van der Waals surface area (Å²) < 4.78 is 11.4. The van der Waals surface area contributed by atoms with E-state index >= 15 is 0 Å². The molecule has 0 fully saturated rings. The maximum absolute atomic E-state index is 6.26. The SMILES string of the molecule is Clc1cccc(C2CC(c3ccc4c(c3)OCCO4)=NN2c2ccccc2)c1. The molecule has 28 heavy (non-hydrogen) atoms. The predicted octanol–water partition coefficient (Wildman–Crippen LogP) is 5.47. The Kier molecular flexibility index (Phi) is 4.41. The van der Waals surface area contributed by atoms with Gasteiger partial charge in [-0.05, 0) is 48.0 Å². The van der Waals surface area contributed by atoms with Crippen LogP contribution in [0.5, 0.6) is 11.5 Å². The van der Waals surface area contributed by atoms with E-state index in [1.54, 1.807) is 0 Å². The molecule has 1 unspecified atom stereocenters. The fraction of sp³-hybridized carbons (Fsp3) is 0.174. The lowest BCUT2D eigenvalue weighted by Crippen LogP contribution is -2.18. The van der Waals surface area contributed by atoms with E-state index in [-0.39, 0.29) is 6.04 Å². The van der Waals surface area contributed by atoms with Crippen LogP contribution < -0.4 is 14.5 Å². The highest BCUT2D eigenvalue weighted by Crippen LogP contribution is 2.39. The Labute approximate surface area is 169 Å². The van der Waals surface area contributed by atoms with E-state index in [4.69, 9.17) is 26.2 Å². The van der Waals surface area contributed by atoms with Gasteiger partial charge < -0.3 is 9.47 Å². The molecule has 0 bridgehead atoms. The van der Waals surface area contributed by atoms with Gasteiger partial charge in [-0.1, -0.05) is 41.9 Å². The Bertz CT molecular complexity index is 1040. The fourth-order valence-electron chi connectivity index (χ4n) is 3.70. The van der Waals surface area contributed by atoms with Crippen LogP contribution in [0.4, 0.5) is 5.69 Å².